The highest BCUT2D eigenvalue weighted by molar-refractivity contribution is 5.93. The molecule has 0 atom stereocenters. The van der Waals surface area contributed by atoms with Gasteiger partial charge in [0.05, 0.1) is 11.7 Å². The number of pyridine rings is 1. The first-order valence-corrected chi connectivity index (χ1v) is 5.17. The molecule has 0 aliphatic carbocycles. The lowest BCUT2D eigenvalue weighted by Gasteiger charge is -2.02. The molecule has 0 unspecified atom stereocenters. The number of fused-ring (bicyclic) bond motifs is 1. The first-order valence-electron chi connectivity index (χ1n) is 5.17. The fourth-order valence-corrected chi connectivity index (χ4v) is 1.91. The van der Waals surface area contributed by atoms with Gasteiger partial charge in [-0.25, -0.2) is 0 Å². The van der Waals surface area contributed by atoms with Crippen LogP contribution in [0, 0.1) is 0 Å². The summed E-state index contributed by atoms with van der Waals surface area (Å²) in [5.74, 6) is 0. The molecule has 0 saturated carbocycles. The molecule has 0 N–H and O–H groups in total. The van der Waals surface area contributed by atoms with Crippen LogP contribution >= 0.6 is 0 Å². The minimum Gasteiger partial charge on any atom is -0.275 e. The van der Waals surface area contributed by atoms with E-state index in [0.29, 0.717) is 0 Å². The summed E-state index contributed by atoms with van der Waals surface area (Å²) >= 11 is 0. The number of para-hydroxylation sites is 1. The number of benzene rings is 1. The molecule has 2 heterocycles. The summed E-state index contributed by atoms with van der Waals surface area (Å²) in [7, 11) is 1.92. The van der Waals surface area contributed by atoms with Crippen LogP contribution in [0.4, 0.5) is 0 Å². The molecule has 3 aromatic rings. The Bertz CT molecular complexity index is 635. The van der Waals surface area contributed by atoms with Crippen molar-refractivity contribution in [2.75, 3.05) is 0 Å². The number of hydrogen-bond donors (Lipinski definition) is 0. The average molecular weight is 209 g/mol. The van der Waals surface area contributed by atoms with Gasteiger partial charge >= 0.3 is 0 Å². The number of rotatable bonds is 1. The molecule has 16 heavy (non-hydrogen) atoms. The summed E-state index contributed by atoms with van der Waals surface area (Å²) in [5, 5.41) is 5.36. The van der Waals surface area contributed by atoms with Crippen molar-refractivity contribution in [3.05, 3.63) is 48.9 Å². The Kier molecular flexibility index (Phi) is 1.96. The Morgan fingerprint density at radius 1 is 1.12 bits per heavy atom. The Morgan fingerprint density at radius 3 is 2.81 bits per heavy atom. The third-order valence-electron chi connectivity index (χ3n) is 2.66. The van der Waals surface area contributed by atoms with Gasteiger partial charge in [-0.15, -0.1) is 0 Å². The SMILES string of the molecule is Cn1cc(-c2ccnc3ccccc23)cn1. The van der Waals surface area contributed by atoms with Gasteiger partial charge in [0.2, 0.25) is 0 Å². The van der Waals surface area contributed by atoms with Crippen molar-refractivity contribution in [3.63, 3.8) is 0 Å². The van der Waals surface area contributed by atoms with Crippen LogP contribution in [0.3, 0.4) is 0 Å². The Labute approximate surface area is 93.4 Å². The molecule has 78 valence electrons. The van der Waals surface area contributed by atoms with Gasteiger partial charge in [-0.3, -0.25) is 9.67 Å². The lowest BCUT2D eigenvalue weighted by Crippen LogP contribution is -1.84. The van der Waals surface area contributed by atoms with Gasteiger partial charge in [0.15, 0.2) is 0 Å². The maximum Gasteiger partial charge on any atom is 0.0708 e. The minimum atomic E-state index is 1.02. The van der Waals surface area contributed by atoms with Crippen LogP contribution in [0.2, 0.25) is 0 Å². The van der Waals surface area contributed by atoms with Crippen molar-refractivity contribution in [1.82, 2.24) is 14.8 Å². The molecule has 0 amide bonds. The van der Waals surface area contributed by atoms with Crippen LogP contribution in [-0.4, -0.2) is 14.8 Å². The highest BCUT2D eigenvalue weighted by Gasteiger charge is 2.05. The topological polar surface area (TPSA) is 30.7 Å². The molecular formula is C13H11N3. The van der Waals surface area contributed by atoms with Crippen LogP contribution in [0.25, 0.3) is 22.0 Å². The number of aromatic nitrogens is 3. The van der Waals surface area contributed by atoms with E-state index in [1.165, 1.54) is 5.56 Å². The molecule has 0 bridgehead atoms. The standard InChI is InChI=1S/C13H11N3/c1-16-9-10(8-15-16)11-6-7-14-13-5-3-2-4-12(11)13/h2-9H,1H3. The molecule has 0 aliphatic rings. The quantitative estimate of drug-likeness (QED) is 0.616. The van der Waals surface area contributed by atoms with Crippen molar-refractivity contribution < 1.29 is 0 Å². The van der Waals surface area contributed by atoms with Gasteiger partial charge in [0.1, 0.15) is 0 Å². The maximum absolute atomic E-state index is 4.35. The van der Waals surface area contributed by atoms with Gasteiger partial charge in [-0.2, -0.15) is 5.10 Å². The maximum atomic E-state index is 4.35. The second-order valence-electron chi connectivity index (χ2n) is 3.78. The third kappa shape index (κ3) is 1.37. The number of aryl methyl sites for hydroxylation is 1. The van der Waals surface area contributed by atoms with E-state index in [0.717, 1.165) is 16.5 Å². The molecule has 0 saturated heterocycles. The zero-order valence-electron chi connectivity index (χ0n) is 8.96. The highest BCUT2D eigenvalue weighted by Crippen LogP contribution is 2.26. The molecule has 3 rings (SSSR count). The zero-order valence-corrected chi connectivity index (χ0v) is 8.96. The zero-order chi connectivity index (χ0) is 11.0. The number of hydrogen-bond acceptors (Lipinski definition) is 2. The summed E-state index contributed by atoms with van der Waals surface area (Å²) in [6.07, 6.45) is 5.73. The molecular weight excluding hydrogens is 198 g/mol. The average Bonchev–Trinajstić information content (AvgIpc) is 2.75. The van der Waals surface area contributed by atoms with Crippen LogP contribution in [0.1, 0.15) is 0 Å². The van der Waals surface area contributed by atoms with Crippen LogP contribution in [-0.2, 0) is 7.05 Å². The molecule has 3 nitrogen and oxygen atoms in total. The number of nitrogens with zero attached hydrogens (tertiary/aromatic N) is 3. The molecule has 0 fully saturated rings. The van der Waals surface area contributed by atoms with Gasteiger partial charge in [0.25, 0.3) is 0 Å². The first kappa shape index (κ1) is 9.09. The van der Waals surface area contributed by atoms with Crippen molar-refractivity contribution >= 4 is 10.9 Å². The van der Waals surface area contributed by atoms with Crippen molar-refractivity contribution in [2.45, 2.75) is 0 Å². The fourth-order valence-electron chi connectivity index (χ4n) is 1.91. The lowest BCUT2D eigenvalue weighted by atomic mass is 10.0. The van der Waals surface area contributed by atoms with E-state index >= 15 is 0 Å². The summed E-state index contributed by atoms with van der Waals surface area (Å²) in [4.78, 5) is 4.35. The Hall–Kier alpha value is -2.16. The monoisotopic (exact) mass is 209 g/mol. The molecule has 1 aromatic carbocycles. The van der Waals surface area contributed by atoms with E-state index in [9.17, 15) is 0 Å². The van der Waals surface area contributed by atoms with E-state index in [1.54, 1.807) is 0 Å². The van der Waals surface area contributed by atoms with Crippen molar-refractivity contribution in [1.29, 1.82) is 0 Å². The smallest absolute Gasteiger partial charge is 0.0708 e. The second kappa shape index (κ2) is 3.45. The largest absolute Gasteiger partial charge is 0.275 e. The van der Waals surface area contributed by atoms with Crippen molar-refractivity contribution in [2.24, 2.45) is 7.05 Å². The summed E-state index contributed by atoms with van der Waals surface area (Å²) in [5.41, 5.74) is 3.32. The molecule has 0 radical (unpaired) electrons. The van der Waals surface area contributed by atoms with Crippen LogP contribution < -0.4 is 0 Å². The normalized spacial score (nSPS) is 10.8. The molecule has 0 spiro atoms. The van der Waals surface area contributed by atoms with E-state index in [-0.39, 0.29) is 0 Å². The Morgan fingerprint density at radius 2 is 2.00 bits per heavy atom. The lowest BCUT2D eigenvalue weighted by molar-refractivity contribution is 0.768. The van der Waals surface area contributed by atoms with Gasteiger partial charge < -0.3 is 0 Å². The third-order valence-corrected chi connectivity index (χ3v) is 2.66. The second-order valence-corrected chi connectivity index (χ2v) is 3.78. The summed E-state index contributed by atoms with van der Waals surface area (Å²) in [6.45, 7) is 0. The predicted octanol–water partition coefficient (Wildman–Crippen LogP) is 2.64. The van der Waals surface area contributed by atoms with E-state index < -0.39 is 0 Å². The van der Waals surface area contributed by atoms with Gasteiger partial charge in [-0.1, -0.05) is 18.2 Å². The van der Waals surface area contributed by atoms with E-state index in [4.69, 9.17) is 0 Å². The van der Waals surface area contributed by atoms with Gasteiger partial charge in [0, 0.05) is 30.4 Å². The van der Waals surface area contributed by atoms with E-state index in [1.807, 2.05) is 54.6 Å². The summed E-state index contributed by atoms with van der Waals surface area (Å²) < 4.78 is 1.81. The predicted molar refractivity (Wildman–Crippen MR) is 63.9 cm³/mol. The Balaban J connectivity index is 2.31. The first-order chi connectivity index (χ1) is 7.84. The van der Waals surface area contributed by atoms with E-state index in [2.05, 4.69) is 16.1 Å². The van der Waals surface area contributed by atoms with Gasteiger partial charge in [-0.05, 0) is 17.7 Å². The minimum absolute atomic E-state index is 1.02. The highest BCUT2D eigenvalue weighted by atomic mass is 15.2. The summed E-state index contributed by atoms with van der Waals surface area (Å²) in [6, 6.07) is 10.2. The van der Waals surface area contributed by atoms with Crippen LogP contribution in [0.5, 0.6) is 0 Å². The molecule has 2 aromatic heterocycles. The fraction of sp³-hybridized carbons (Fsp3) is 0.0769. The van der Waals surface area contributed by atoms with Crippen LogP contribution in [0.15, 0.2) is 48.9 Å². The molecule has 0 aliphatic heterocycles. The van der Waals surface area contributed by atoms with Crippen molar-refractivity contribution in [3.8, 4) is 11.1 Å². The molecule has 3 heteroatoms.